The van der Waals surface area contributed by atoms with E-state index < -0.39 is 0 Å². The Morgan fingerprint density at radius 1 is 1.27 bits per heavy atom. The Hall–Kier alpha value is -1.85. The zero-order valence-electron chi connectivity index (χ0n) is 13.4. The number of rotatable bonds is 4. The van der Waals surface area contributed by atoms with Gasteiger partial charge in [-0.25, -0.2) is 4.98 Å². The third kappa shape index (κ3) is 2.21. The summed E-state index contributed by atoms with van der Waals surface area (Å²) in [6.45, 7) is 6.84. The molecule has 2 N–H and O–H groups in total. The first kappa shape index (κ1) is 15.1. The molecule has 0 bridgehead atoms. The highest BCUT2D eigenvalue weighted by Crippen LogP contribution is 2.33. The molecular formula is C17H21N3OS. The standard InChI is InChI=1S/C17H21N3OS/c1-5-13-11(3)22-17-19-16(14(9-18)20(13)17)12-6-7-15(21-4)10(2)8-12/h6-8H,5,9,18H2,1-4H3. The molecule has 2 heterocycles. The van der Waals surface area contributed by atoms with E-state index >= 15 is 0 Å². The maximum absolute atomic E-state index is 6.04. The second-order valence-electron chi connectivity index (χ2n) is 5.37. The predicted molar refractivity (Wildman–Crippen MR) is 91.8 cm³/mol. The Morgan fingerprint density at radius 2 is 2.05 bits per heavy atom. The van der Waals surface area contributed by atoms with Gasteiger partial charge in [0.2, 0.25) is 0 Å². The molecule has 5 heteroatoms. The van der Waals surface area contributed by atoms with Crippen LogP contribution in [0.1, 0.15) is 28.8 Å². The Morgan fingerprint density at radius 3 is 2.64 bits per heavy atom. The first-order valence-electron chi connectivity index (χ1n) is 7.45. The van der Waals surface area contributed by atoms with Crippen LogP contribution in [0.15, 0.2) is 18.2 Å². The first-order chi connectivity index (χ1) is 10.6. The molecule has 4 nitrogen and oxygen atoms in total. The normalized spacial score (nSPS) is 11.3. The van der Waals surface area contributed by atoms with Crippen LogP contribution in [0, 0.1) is 13.8 Å². The Labute approximate surface area is 134 Å². The number of nitrogens with two attached hydrogens (primary N) is 1. The van der Waals surface area contributed by atoms with Crippen molar-refractivity contribution >= 4 is 16.3 Å². The monoisotopic (exact) mass is 315 g/mol. The minimum Gasteiger partial charge on any atom is -0.496 e. The van der Waals surface area contributed by atoms with Gasteiger partial charge in [-0.1, -0.05) is 6.92 Å². The van der Waals surface area contributed by atoms with Gasteiger partial charge >= 0.3 is 0 Å². The number of thiazole rings is 1. The van der Waals surface area contributed by atoms with Crippen LogP contribution in [-0.4, -0.2) is 16.5 Å². The van der Waals surface area contributed by atoms with Crippen molar-refractivity contribution in [1.82, 2.24) is 9.38 Å². The lowest BCUT2D eigenvalue weighted by atomic mass is 10.1. The summed E-state index contributed by atoms with van der Waals surface area (Å²) in [4.78, 5) is 7.18. The summed E-state index contributed by atoms with van der Waals surface area (Å²) in [6, 6.07) is 6.16. The van der Waals surface area contributed by atoms with Crippen LogP contribution in [0.25, 0.3) is 16.2 Å². The fourth-order valence-corrected chi connectivity index (χ4v) is 4.06. The van der Waals surface area contributed by atoms with Gasteiger partial charge in [0.05, 0.1) is 18.5 Å². The summed E-state index contributed by atoms with van der Waals surface area (Å²) < 4.78 is 7.57. The molecule has 0 aliphatic heterocycles. The molecule has 0 aliphatic rings. The van der Waals surface area contributed by atoms with Crippen molar-refractivity contribution in [2.75, 3.05) is 7.11 Å². The molecular weight excluding hydrogens is 294 g/mol. The highest BCUT2D eigenvalue weighted by atomic mass is 32.1. The van der Waals surface area contributed by atoms with Crippen molar-refractivity contribution in [2.24, 2.45) is 5.73 Å². The zero-order chi connectivity index (χ0) is 15.9. The number of nitrogens with zero attached hydrogens (tertiary/aromatic N) is 2. The van der Waals surface area contributed by atoms with Crippen LogP contribution in [0.5, 0.6) is 5.75 Å². The molecule has 2 aromatic heterocycles. The topological polar surface area (TPSA) is 52.5 Å². The minimum absolute atomic E-state index is 0.477. The Bertz CT molecular complexity index is 832. The number of methoxy groups -OCH3 is 1. The molecule has 0 atom stereocenters. The van der Waals surface area contributed by atoms with Gasteiger partial charge in [0.25, 0.3) is 0 Å². The third-order valence-electron chi connectivity index (χ3n) is 4.06. The summed E-state index contributed by atoms with van der Waals surface area (Å²) in [6.07, 6.45) is 0.982. The largest absolute Gasteiger partial charge is 0.496 e. The van der Waals surface area contributed by atoms with E-state index in [2.05, 4.69) is 30.4 Å². The molecule has 0 aliphatic carbocycles. The second kappa shape index (κ2) is 5.74. The summed E-state index contributed by atoms with van der Waals surface area (Å²) in [5.74, 6) is 0.893. The first-order valence-corrected chi connectivity index (χ1v) is 8.27. The molecule has 0 fully saturated rings. The molecule has 3 aromatic rings. The lowest BCUT2D eigenvalue weighted by Crippen LogP contribution is -2.05. The molecule has 116 valence electrons. The van der Waals surface area contributed by atoms with Crippen LogP contribution in [-0.2, 0) is 13.0 Å². The lowest BCUT2D eigenvalue weighted by Gasteiger charge is -2.08. The third-order valence-corrected chi connectivity index (χ3v) is 5.06. The molecule has 22 heavy (non-hydrogen) atoms. The van der Waals surface area contributed by atoms with Crippen LogP contribution >= 0.6 is 11.3 Å². The highest BCUT2D eigenvalue weighted by molar-refractivity contribution is 7.17. The number of imidazole rings is 1. The average molecular weight is 315 g/mol. The van der Waals surface area contributed by atoms with Crippen molar-refractivity contribution in [1.29, 1.82) is 0 Å². The number of ether oxygens (including phenoxy) is 1. The SMILES string of the molecule is CCc1c(C)sc2nc(-c3ccc(OC)c(C)c3)c(CN)n12. The van der Waals surface area contributed by atoms with Gasteiger partial charge in [-0.05, 0) is 44.0 Å². The van der Waals surface area contributed by atoms with Crippen molar-refractivity contribution in [3.05, 3.63) is 40.0 Å². The molecule has 0 unspecified atom stereocenters. The van der Waals surface area contributed by atoms with Gasteiger partial charge in [-0.15, -0.1) is 11.3 Å². The van der Waals surface area contributed by atoms with E-state index in [0.29, 0.717) is 6.54 Å². The maximum atomic E-state index is 6.04. The Kier molecular flexibility index (Phi) is 3.93. The van der Waals surface area contributed by atoms with E-state index in [4.69, 9.17) is 15.5 Å². The van der Waals surface area contributed by atoms with Crippen LogP contribution in [0.2, 0.25) is 0 Å². The fourth-order valence-electron chi connectivity index (χ4n) is 2.98. The summed E-state index contributed by atoms with van der Waals surface area (Å²) >= 11 is 1.73. The molecule has 0 spiro atoms. The van der Waals surface area contributed by atoms with E-state index in [9.17, 15) is 0 Å². The van der Waals surface area contributed by atoms with Crippen molar-refractivity contribution in [3.8, 4) is 17.0 Å². The summed E-state index contributed by atoms with van der Waals surface area (Å²) in [7, 11) is 1.69. The van der Waals surface area contributed by atoms with Crippen LogP contribution < -0.4 is 10.5 Å². The van der Waals surface area contributed by atoms with Crippen molar-refractivity contribution < 1.29 is 4.74 Å². The van der Waals surface area contributed by atoms with E-state index in [1.165, 1.54) is 10.6 Å². The van der Waals surface area contributed by atoms with Crippen molar-refractivity contribution in [3.63, 3.8) is 0 Å². The van der Waals surface area contributed by atoms with Gasteiger partial charge in [-0.3, -0.25) is 4.40 Å². The molecule has 0 saturated heterocycles. The van der Waals surface area contributed by atoms with Crippen LogP contribution in [0.3, 0.4) is 0 Å². The molecule has 0 amide bonds. The molecule has 0 radical (unpaired) electrons. The fraction of sp³-hybridized carbons (Fsp3) is 0.353. The number of fused-ring (bicyclic) bond motifs is 1. The quantitative estimate of drug-likeness (QED) is 0.798. The van der Waals surface area contributed by atoms with Gasteiger partial charge in [0.1, 0.15) is 5.75 Å². The second-order valence-corrected chi connectivity index (χ2v) is 6.55. The van der Waals surface area contributed by atoms with Gasteiger partial charge < -0.3 is 10.5 Å². The smallest absolute Gasteiger partial charge is 0.194 e. The predicted octanol–water partition coefficient (Wildman–Crippen LogP) is 3.71. The van der Waals surface area contributed by atoms with E-state index in [0.717, 1.165) is 39.6 Å². The number of aromatic nitrogens is 2. The summed E-state index contributed by atoms with van der Waals surface area (Å²) in [5, 5.41) is 0. The maximum Gasteiger partial charge on any atom is 0.194 e. The molecule has 3 rings (SSSR count). The Balaban J connectivity index is 2.23. The van der Waals surface area contributed by atoms with Crippen molar-refractivity contribution in [2.45, 2.75) is 33.7 Å². The van der Waals surface area contributed by atoms with Gasteiger partial charge in [0, 0.05) is 22.7 Å². The molecule has 0 saturated carbocycles. The number of hydrogen-bond acceptors (Lipinski definition) is 4. The molecule has 1 aromatic carbocycles. The van der Waals surface area contributed by atoms with E-state index in [1.807, 2.05) is 13.0 Å². The average Bonchev–Trinajstić information content (AvgIpc) is 3.00. The number of hydrogen-bond donors (Lipinski definition) is 1. The lowest BCUT2D eigenvalue weighted by molar-refractivity contribution is 0.412. The highest BCUT2D eigenvalue weighted by Gasteiger charge is 2.18. The van der Waals surface area contributed by atoms with Gasteiger partial charge in [-0.2, -0.15) is 0 Å². The minimum atomic E-state index is 0.477. The van der Waals surface area contributed by atoms with E-state index in [1.54, 1.807) is 18.4 Å². The van der Waals surface area contributed by atoms with E-state index in [-0.39, 0.29) is 0 Å². The number of benzene rings is 1. The number of aryl methyl sites for hydroxylation is 3. The van der Waals surface area contributed by atoms with Gasteiger partial charge in [0.15, 0.2) is 4.96 Å². The zero-order valence-corrected chi connectivity index (χ0v) is 14.3. The van der Waals surface area contributed by atoms with Crippen LogP contribution in [0.4, 0.5) is 0 Å². The summed E-state index contributed by atoms with van der Waals surface area (Å²) in [5.41, 5.74) is 11.6.